The van der Waals surface area contributed by atoms with Crippen molar-refractivity contribution in [1.82, 2.24) is 10.6 Å². The molecule has 0 spiro atoms. The summed E-state index contributed by atoms with van der Waals surface area (Å²) >= 11 is 0. The van der Waals surface area contributed by atoms with E-state index in [4.69, 9.17) is 4.74 Å². The Labute approximate surface area is 121 Å². The zero-order valence-electron chi connectivity index (χ0n) is 13.1. The number of carbonyl (C=O) groups is 2. The second-order valence-electron chi connectivity index (χ2n) is 6.19. The van der Waals surface area contributed by atoms with E-state index < -0.39 is 6.04 Å². The van der Waals surface area contributed by atoms with Gasteiger partial charge >= 0.3 is 12.0 Å². The molecule has 0 aromatic heterocycles. The van der Waals surface area contributed by atoms with E-state index in [0.29, 0.717) is 18.3 Å². The topological polar surface area (TPSA) is 67.4 Å². The summed E-state index contributed by atoms with van der Waals surface area (Å²) in [6.45, 7) is 6.19. The molecule has 20 heavy (non-hydrogen) atoms. The molecule has 0 saturated heterocycles. The van der Waals surface area contributed by atoms with Crippen molar-refractivity contribution in [2.75, 3.05) is 7.11 Å². The molecule has 0 aliphatic heterocycles. The van der Waals surface area contributed by atoms with E-state index in [-0.39, 0.29) is 18.0 Å². The molecule has 2 N–H and O–H groups in total. The Morgan fingerprint density at radius 1 is 1.25 bits per heavy atom. The molecular weight excluding hydrogens is 256 g/mol. The molecular formula is C15H28N2O3. The van der Waals surface area contributed by atoms with Gasteiger partial charge in [0.1, 0.15) is 6.04 Å². The Hall–Kier alpha value is -1.26. The molecule has 0 radical (unpaired) electrons. The zero-order chi connectivity index (χ0) is 15.1. The number of methoxy groups -OCH3 is 1. The third-order valence-electron chi connectivity index (χ3n) is 3.93. The molecule has 0 aromatic carbocycles. The summed E-state index contributed by atoms with van der Waals surface area (Å²) in [7, 11) is 1.35. The van der Waals surface area contributed by atoms with Crippen LogP contribution in [0.25, 0.3) is 0 Å². The largest absolute Gasteiger partial charge is 0.467 e. The molecule has 3 atom stereocenters. The van der Waals surface area contributed by atoms with E-state index in [1.807, 2.05) is 13.8 Å². The van der Waals surface area contributed by atoms with E-state index in [2.05, 4.69) is 17.6 Å². The molecule has 1 aliphatic rings. The van der Waals surface area contributed by atoms with Crippen LogP contribution in [0.1, 0.15) is 52.9 Å². The van der Waals surface area contributed by atoms with Crippen molar-refractivity contribution in [3.8, 4) is 0 Å². The fourth-order valence-electron chi connectivity index (χ4n) is 2.73. The fourth-order valence-corrected chi connectivity index (χ4v) is 2.73. The van der Waals surface area contributed by atoms with Crippen LogP contribution in [0.3, 0.4) is 0 Å². The molecule has 2 amide bonds. The van der Waals surface area contributed by atoms with Gasteiger partial charge < -0.3 is 15.4 Å². The van der Waals surface area contributed by atoms with Crippen LogP contribution in [-0.4, -0.2) is 31.2 Å². The summed E-state index contributed by atoms with van der Waals surface area (Å²) in [6, 6.07) is -0.625. The summed E-state index contributed by atoms with van der Waals surface area (Å²) < 4.78 is 4.74. The monoisotopic (exact) mass is 284 g/mol. The number of esters is 1. The number of carbonyl (C=O) groups excluding carboxylic acids is 2. The van der Waals surface area contributed by atoms with Crippen LogP contribution in [0.5, 0.6) is 0 Å². The maximum absolute atomic E-state index is 12.0. The first-order valence-electron chi connectivity index (χ1n) is 7.59. The van der Waals surface area contributed by atoms with Crippen molar-refractivity contribution in [3.05, 3.63) is 0 Å². The van der Waals surface area contributed by atoms with Crippen molar-refractivity contribution in [3.63, 3.8) is 0 Å². The third-order valence-corrected chi connectivity index (χ3v) is 3.93. The van der Waals surface area contributed by atoms with E-state index >= 15 is 0 Å². The minimum absolute atomic E-state index is 0.209. The zero-order valence-corrected chi connectivity index (χ0v) is 13.1. The standard InChI is InChI=1S/C15H28N2O3/c1-10(2)9-13(14(18)20-4)17-15(19)16-12-8-6-5-7-11(12)3/h10-13H,5-9H2,1-4H3,(H2,16,17,19)/t11-,12+,13-/m0/s1. The lowest BCUT2D eigenvalue weighted by Crippen LogP contribution is -2.51. The Balaban J connectivity index is 2.50. The van der Waals surface area contributed by atoms with Crippen molar-refractivity contribution >= 4 is 12.0 Å². The van der Waals surface area contributed by atoms with Gasteiger partial charge in [-0.05, 0) is 31.1 Å². The highest BCUT2D eigenvalue weighted by atomic mass is 16.5. The first-order valence-corrected chi connectivity index (χ1v) is 7.59. The van der Waals surface area contributed by atoms with E-state index in [1.54, 1.807) is 0 Å². The maximum Gasteiger partial charge on any atom is 0.328 e. The molecule has 0 unspecified atom stereocenters. The summed E-state index contributed by atoms with van der Waals surface area (Å²) in [5.41, 5.74) is 0. The normalized spacial score (nSPS) is 24.1. The number of ether oxygens (including phenoxy) is 1. The summed E-state index contributed by atoms with van der Waals surface area (Å²) in [5.74, 6) is 0.426. The Bertz CT molecular complexity index is 331. The van der Waals surface area contributed by atoms with Gasteiger partial charge in [-0.25, -0.2) is 9.59 Å². The van der Waals surface area contributed by atoms with Crippen LogP contribution in [0.4, 0.5) is 4.79 Å². The van der Waals surface area contributed by atoms with Gasteiger partial charge in [0.2, 0.25) is 0 Å². The molecule has 1 aliphatic carbocycles. The first-order chi connectivity index (χ1) is 9.43. The lowest BCUT2D eigenvalue weighted by atomic mass is 9.86. The van der Waals surface area contributed by atoms with Gasteiger partial charge in [-0.3, -0.25) is 0 Å². The average Bonchev–Trinajstić information content (AvgIpc) is 2.39. The van der Waals surface area contributed by atoms with Crippen molar-refractivity contribution in [2.45, 2.75) is 65.0 Å². The minimum Gasteiger partial charge on any atom is -0.467 e. The van der Waals surface area contributed by atoms with Gasteiger partial charge in [0.15, 0.2) is 0 Å². The average molecular weight is 284 g/mol. The lowest BCUT2D eigenvalue weighted by Gasteiger charge is -2.30. The summed E-state index contributed by atoms with van der Waals surface area (Å²) in [6.07, 6.45) is 5.14. The van der Waals surface area contributed by atoms with Gasteiger partial charge in [0.25, 0.3) is 0 Å². The Morgan fingerprint density at radius 3 is 2.45 bits per heavy atom. The number of rotatable bonds is 5. The predicted octanol–water partition coefficient (Wildman–Crippen LogP) is 2.45. The molecule has 1 rings (SSSR count). The fraction of sp³-hybridized carbons (Fsp3) is 0.867. The highest BCUT2D eigenvalue weighted by molar-refractivity contribution is 5.83. The van der Waals surface area contributed by atoms with Gasteiger partial charge in [0.05, 0.1) is 7.11 Å². The van der Waals surface area contributed by atoms with Crippen LogP contribution in [0, 0.1) is 11.8 Å². The van der Waals surface area contributed by atoms with Gasteiger partial charge in [-0.15, -0.1) is 0 Å². The maximum atomic E-state index is 12.0. The molecule has 0 aromatic rings. The summed E-state index contributed by atoms with van der Waals surface area (Å²) in [4.78, 5) is 23.7. The molecule has 5 nitrogen and oxygen atoms in total. The van der Waals surface area contributed by atoms with E-state index in [9.17, 15) is 9.59 Å². The Morgan fingerprint density at radius 2 is 1.90 bits per heavy atom. The van der Waals surface area contributed by atoms with Gasteiger partial charge in [0, 0.05) is 6.04 Å². The second-order valence-corrected chi connectivity index (χ2v) is 6.19. The number of hydrogen-bond acceptors (Lipinski definition) is 3. The molecule has 0 heterocycles. The summed E-state index contributed by atoms with van der Waals surface area (Å²) in [5, 5.41) is 5.74. The van der Waals surface area contributed by atoms with Crippen LogP contribution in [0.15, 0.2) is 0 Å². The third kappa shape index (κ3) is 5.39. The highest BCUT2D eigenvalue weighted by Crippen LogP contribution is 2.23. The SMILES string of the molecule is COC(=O)[C@H](CC(C)C)NC(=O)N[C@@H]1CCCC[C@@H]1C. The van der Waals surface area contributed by atoms with Crippen molar-refractivity contribution in [2.24, 2.45) is 11.8 Å². The lowest BCUT2D eigenvalue weighted by molar-refractivity contribution is -0.143. The van der Waals surface area contributed by atoms with Crippen molar-refractivity contribution in [1.29, 1.82) is 0 Å². The van der Waals surface area contributed by atoms with Crippen LogP contribution in [0.2, 0.25) is 0 Å². The number of nitrogens with one attached hydrogen (secondary N) is 2. The smallest absolute Gasteiger partial charge is 0.328 e. The quantitative estimate of drug-likeness (QED) is 0.762. The second kappa shape index (κ2) is 8.12. The molecule has 116 valence electrons. The highest BCUT2D eigenvalue weighted by Gasteiger charge is 2.26. The van der Waals surface area contributed by atoms with E-state index in [1.165, 1.54) is 13.5 Å². The van der Waals surface area contributed by atoms with Crippen LogP contribution >= 0.6 is 0 Å². The van der Waals surface area contributed by atoms with Crippen LogP contribution in [-0.2, 0) is 9.53 Å². The Kier molecular flexibility index (Phi) is 6.82. The number of hydrogen-bond donors (Lipinski definition) is 2. The van der Waals surface area contributed by atoms with Gasteiger partial charge in [-0.2, -0.15) is 0 Å². The molecule has 5 heteroatoms. The predicted molar refractivity (Wildman–Crippen MR) is 78.3 cm³/mol. The number of urea groups is 1. The first kappa shape index (κ1) is 16.8. The molecule has 0 bridgehead atoms. The molecule has 1 saturated carbocycles. The minimum atomic E-state index is -0.570. The van der Waals surface area contributed by atoms with E-state index in [0.717, 1.165) is 19.3 Å². The van der Waals surface area contributed by atoms with Gasteiger partial charge in [-0.1, -0.05) is 33.6 Å². The van der Waals surface area contributed by atoms with Crippen LogP contribution < -0.4 is 10.6 Å². The molecule has 1 fully saturated rings. The number of amides is 2. The van der Waals surface area contributed by atoms with Crippen molar-refractivity contribution < 1.29 is 14.3 Å².